The fourth-order valence-corrected chi connectivity index (χ4v) is 2.04. The molecule has 0 aliphatic carbocycles. The van der Waals surface area contributed by atoms with Gasteiger partial charge in [-0.2, -0.15) is 0 Å². The van der Waals surface area contributed by atoms with Gasteiger partial charge in [0.1, 0.15) is 0 Å². The second kappa shape index (κ2) is 4.64. The van der Waals surface area contributed by atoms with Gasteiger partial charge in [-0.05, 0) is 27.7 Å². The van der Waals surface area contributed by atoms with E-state index in [9.17, 15) is 9.90 Å². The van der Waals surface area contributed by atoms with Crippen LogP contribution in [-0.4, -0.2) is 51.6 Å². The Morgan fingerprint density at radius 2 is 2.00 bits per heavy atom. The monoisotopic (exact) mass is 213 g/mol. The standard InChI is InChI=1S/C11H20N2O2/c1-8(2)12-6-5-7-13(9(3)4)10(12)11(14)15/h8-9H,5-7H2,1-4H3/p+1. The molecule has 0 aromatic rings. The molecule has 0 aromatic carbocycles. The van der Waals surface area contributed by atoms with Crippen LogP contribution in [0, 0.1) is 0 Å². The summed E-state index contributed by atoms with van der Waals surface area (Å²) >= 11 is 0. The van der Waals surface area contributed by atoms with Crippen LogP contribution in [0.15, 0.2) is 0 Å². The first-order chi connectivity index (χ1) is 6.95. The number of hydrogen-bond acceptors (Lipinski definition) is 2. The molecule has 0 fully saturated rings. The molecule has 4 nitrogen and oxygen atoms in total. The van der Waals surface area contributed by atoms with Gasteiger partial charge in [-0.25, -0.2) is 4.79 Å². The minimum Gasteiger partial charge on any atom is -0.472 e. The third-order valence-electron chi connectivity index (χ3n) is 2.78. The molecule has 4 heteroatoms. The number of hydrogen-bond donors (Lipinski definition) is 1. The molecule has 0 saturated carbocycles. The number of carbonyl (C=O) groups is 1. The van der Waals surface area contributed by atoms with Gasteiger partial charge in [0.15, 0.2) is 0 Å². The molecule has 0 aromatic heterocycles. The van der Waals surface area contributed by atoms with E-state index in [-0.39, 0.29) is 12.1 Å². The lowest BCUT2D eigenvalue weighted by molar-refractivity contribution is -0.567. The molecule has 1 N–H and O–H groups in total. The lowest BCUT2D eigenvalue weighted by Crippen LogP contribution is -2.52. The van der Waals surface area contributed by atoms with Crippen LogP contribution in [0.1, 0.15) is 34.1 Å². The van der Waals surface area contributed by atoms with Crippen LogP contribution in [0.4, 0.5) is 0 Å². The van der Waals surface area contributed by atoms with E-state index in [0.29, 0.717) is 5.84 Å². The quantitative estimate of drug-likeness (QED) is 0.711. The number of carboxylic acids is 1. The Bertz CT molecular complexity index is 282. The summed E-state index contributed by atoms with van der Waals surface area (Å²) in [6, 6.07) is 0.496. The maximum atomic E-state index is 11.3. The summed E-state index contributed by atoms with van der Waals surface area (Å²) in [5, 5.41) is 9.26. The SMILES string of the molecule is CC(C)N1CCC[N+](C(C)C)=C1C(=O)O. The summed E-state index contributed by atoms with van der Waals surface area (Å²) in [5.74, 6) is -0.344. The highest BCUT2D eigenvalue weighted by Crippen LogP contribution is 2.10. The number of rotatable bonds is 3. The van der Waals surface area contributed by atoms with E-state index < -0.39 is 5.97 Å². The van der Waals surface area contributed by atoms with E-state index in [2.05, 4.69) is 0 Å². The lowest BCUT2D eigenvalue weighted by atomic mass is 10.2. The second-order valence-corrected chi connectivity index (χ2v) is 4.56. The highest BCUT2D eigenvalue weighted by Gasteiger charge is 2.36. The molecule has 0 saturated heterocycles. The molecule has 0 atom stereocenters. The molecule has 86 valence electrons. The normalized spacial score (nSPS) is 17.9. The number of aliphatic carboxylic acids is 1. The first-order valence-electron chi connectivity index (χ1n) is 5.58. The van der Waals surface area contributed by atoms with Gasteiger partial charge in [-0.3, -0.25) is 9.48 Å². The van der Waals surface area contributed by atoms with Crippen molar-refractivity contribution < 1.29 is 14.5 Å². The minimum atomic E-state index is -0.808. The van der Waals surface area contributed by atoms with Crippen molar-refractivity contribution in [2.24, 2.45) is 0 Å². The lowest BCUT2D eigenvalue weighted by Gasteiger charge is -2.29. The number of carboxylic acid groups (broad SMARTS) is 1. The Balaban J connectivity index is 3.12. The summed E-state index contributed by atoms with van der Waals surface area (Å²) in [7, 11) is 0. The molecule has 0 unspecified atom stereocenters. The van der Waals surface area contributed by atoms with Crippen LogP contribution in [0.5, 0.6) is 0 Å². The zero-order valence-corrected chi connectivity index (χ0v) is 10.0. The highest BCUT2D eigenvalue weighted by molar-refractivity contribution is 6.32. The van der Waals surface area contributed by atoms with Crippen molar-refractivity contribution in [3.63, 3.8) is 0 Å². The molecule has 0 spiro atoms. The highest BCUT2D eigenvalue weighted by atomic mass is 16.4. The predicted octanol–water partition coefficient (Wildman–Crippen LogP) is 1.00. The fraction of sp³-hybridized carbons (Fsp3) is 0.818. The van der Waals surface area contributed by atoms with Gasteiger partial charge in [-0.1, -0.05) is 0 Å². The molecule has 0 bridgehead atoms. The van der Waals surface area contributed by atoms with Crippen LogP contribution in [0.25, 0.3) is 0 Å². The van der Waals surface area contributed by atoms with Crippen LogP contribution in [-0.2, 0) is 4.79 Å². The molecule has 1 heterocycles. The Kier molecular flexibility index (Phi) is 3.72. The Morgan fingerprint density at radius 3 is 2.40 bits per heavy atom. The van der Waals surface area contributed by atoms with Gasteiger partial charge in [-0.15, -0.1) is 0 Å². The van der Waals surface area contributed by atoms with Crippen LogP contribution >= 0.6 is 0 Å². The van der Waals surface area contributed by atoms with Crippen molar-refractivity contribution in [2.75, 3.05) is 13.1 Å². The largest absolute Gasteiger partial charge is 0.472 e. The molecule has 15 heavy (non-hydrogen) atoms. The maximum absolute atomic E-state index is 11.3. The third-order valence-corrected chi connectivity index (χ3v) is 2.78. The first kappa shape index (κ1) is 12.0. The minimum absolute atomic E-state index is 0.248. The van der Waals surface area contributed by atoms with Crippen molar-refractivity contribution in [1.82, 2.24) is 4.90 Å². The van der Waals surface area contributed by atoms with Gasteiger partial charge in [0.05, 0.1) is 25.2 Å². The van der Waals surface area contributed by atoms with E-state index in [0.717, 1.165) is 19.5 Å². The summed E-state index contributed by atoms with van der Waals surface area (Å²) in [6.45, 7) is 9.84. The van der Waals surface area contributed by atoms with Crippen LogP contribution in [0.2, 0.25) is 0 Å². The molecular weight excluding hydrogens is 192 g/mol. The van der Waals surface area contributed by atoms with Crippen molar-refractivity contribution in [3.05, 3.63) is 0 Å². The number of nitrogens with zero attached hydrogens (tertiary/aromatic N) is 2. The molecule has 1 aliphatic heterocycles. The smallest absolute Gasteiger partial charge is 0.418 e. The molecule has 0 amide bonds. The van der Waals surface area contributed by atoms with Gasteiger partial charge < -0.3 is 5.11 Å². The van der Waals surface area contributed by atoms with Crippen molar-refractivity contribution in [3.8, 4) is 0 Å². The average molecular weight is 213 g/mol. The van der Waals surface area contributed by atoms with Crippen LogP contribution in [0.3, 0.4) is 0 Å². The topological polar surface area (TPSA) is 43.5 Å². The predicted molar refractivity (Wildman–Crippen MR) is 59.4 cm³/mol. The number of amidine groups is 1. The second-order valence-electron chi connectivity index (χ2n) is 4.56. The first-order valence-corrected chi connectivity index (χ1v) is 5.58. The van der Waals surface area contributed by atoms with Gasteiger partial charge in [0, 0.05) is 6.42 Å². The Labute approximate surface area is 91.2 Å². The summed E-state index contributed by atoms with van der Waals surface area (Å²) in [6.07, 6.45) is 1.03. The van der Waals surface area contributed by atoms with Crippen molar-refractivity contribution in [1.29, 1.82) is 0 Å². The van der Waals surface area contributed by atoms with Gasteiger partial charge >= 0.3 is 11.8 Å². The molecule has 1 rings (SSSR count). The van der Waals surface area contributed by atoms with Crippen molar-refractivity contribution >= 4 is 11.8 Å². The fourth-order valence-electron chi connectivity index (χ4n) is 2.04. The van der Waals surface area contributed by atoms with E-state index in [1.54, 1.807) is 0 Å². The summed E-state index contributed by atoms with van der Waals surface area (Å²) < 4.78 is 1.98. The van der Waals surface area contributed by atoms with E-state index in [1.807, 2.05) is 37.2 Å². The zero-order chi connectivity index (χ0) is 11.6. The Morgan fingerprint density at radius 1 is 1.40 bits per heavy atom. The summed E-state index contributed by atoms with van der Waals surface area (Å²) in [5.41, 5.74) is 0. The van der Waals surface area contributed by atoms with Gasteiger partial charge in [0.25, 0.3) is 0 Å². The molecular formula is C11H21N2O2+. The molecule has 0 radical (unpaired) electrons. The van der Waals surface area contributed by atoms with E-state index >= 15 is 0 Å². The zero-order valence-electron chi connectivity index (χ0n) is 10.0. The summed E-state index contributed by atoms with van der Waals surface area (Å²) in [4.78, 5) is 13.2. The average Bonchev–Trinajstić information content (AvgIpc) is 2.16. The van der Waals surface area contributed by atoms with Crippen molar-refractivity contribution in [2.45, 2.75) is 46.2 Å². The third kappa shape index (κ3) is 2.49. The van der Waals surface area contributed by atoms with E-state index in [1.165, 1.54) is 0 Å². The van der Waals surface area contributed by atoms with E-state index in [4.69, 9.17) is 0 Å². The van der Waals surface area contributed by atoms with Gasteiger partial charge in [0.2, 0.25) is 0 Å². The maximum Gasteiger partial charge on any atom is 0.418 e. The Hall–Kier alpha value is -1.06. The molecule has 1 aliphatic rings. The van der Waals surface area contributed by atoms with Crippen LogP contribution < -0.4 is 0 Å².